The molecule has 0 spiro atoms. The molecule has 2 nitrogen and oxygen atoms in total. The number of ketones is 1. The van der Waals surface area contributed by atoms with Crippen molar-refractivity contribution in [2.24, 2.45) is 0 Å². The van der Waals surface area contributed by atoms with E-state index in [0.29, 0.717) is 5.69 Å². The summed E-state index contributed by atoms with van der Waals surface area (Å²) in [6, 6.07) is 3.91. The van der Waals surface area contributed by atoms with E-state index in [1.165, 1.54) is 18.2 Å². The fourth-order valence-corrected chi connectivity index (χ4v) is 1.15. The van der Waals surface area contributed by atoms with Gasteiger partial charge in [0.15, 0.2) is 5.78 Å². The van der Waals surface area contributed by atoms with E-state index in [1.54, 1.807) is 0 Å². The summed E-state index contributed by atoms with van der Waals surface area (Å²) in [7, 11) is 0. The van der Waals surface area contributed by atoms with Crippen LogP contribution in [0.3, 0.4) is 0 Å². The molecule has 0 heterocycles. The van der Waals surface area contributed by atoms with Gasteiger partial charge in [0.2, 0.25) is 0 Å². The molecule has 0 aliphatic rings. The summed E-state index contributed by atoms with van der Waals surface area (Å²) in [5.41, 5.74) is 5.80. The van der Waals surface area contributed by atoms with Crippen molar-refractivity contribution in [1.82, 2.24) is 0 Å². The second-order valence-corrected chi connectivity index (χ2v) is 2.98. The van der Waals surface area contributed by atoms with Crippen molar-refractivity contribution < 1.29 is 9.18 Å². The Morgan fingerprint density at radius 2 is 2.23 bits per heavy atom. The second kappa shape index (κ2) is 4.23. The third-order valence-corrected chi connectivity index (χ3v) is 1.80. The van der Waals surface area contributed by atoms with E-state index in [4.69, 9.17) is 17.3 Å². The van der Waals surface area contributed by atoms with Gasteiger partial charge in [-0.2, -0.15) is 0 Å². The number of carbonyl (C=O) groups is 1. The second-order valence-electron chi connectivity index (χ2n) is 2.60. The fraction of sp³-hybridized carbons (Fsp3) is 0.222. The van der Waals surface area contributed by atoms with Crippen LogP contribution in [0, 0.1) is 5.82 Å². The average molecular weight is 202 g/mol. The van der Waals surface area contributed by atoms with Crippen LogP contribution in [0.1, 0.15) is 16.8 Å². The Bertz CT molecular complexity index is 327. The van der Waals surface area contributed by atoms with Gasteiger partial charge >= 0.3 is 0 Å². The van der Waals surface area contributed by atoms with Crippen LogP contribution in [0.15, 0.2) is 18.2 Å². The van der Waals surface area contributed by atoms with E-state index in [0.717, 1.165) is 0 Å². The fourth-order valence-electron chi connectivity index (χ4n) is 0.977. The number of nitrogens with two attached hydrogens (primary N) is 1. The number of alkyl halides is 1. The summed E-state index contributed by atoms with van der Waals surface area (Å²) in [4.78, 5) is 11.2. The van der Waals surface area contributed by atoms with Crippen molar-refractivity contribution in [3.05, 3.63) is 29.6 Å². The Balaban J connectivity index is 2.99. The Labute approximate surface area is 80.5 Å². The van der Waals surface area contributed by atoms with Gasteiger partial charge in [0, 0.05) is 18.0 Å². The van der Waals surface area contributed by atoms with Crippen LogP contribution >= 0.6 is 11.6 Å². The molecule has 0 atom stereocenters. The lowest BCUT2D eigenvalue weighted by molar-refractivity contribution is 0.0985. The summed E-state index contributed by atoms with van der Waals surface area (Å²) in [5, 5.41) is 0. The molecule has 13 heavy (non-hydrogen) atoms. The zero-order valence-electron chi connectivity index (χ0n) is 6.89. The van der Waals surface area contributed by atoms with Crippen LogP contribution in [-0.2, 0) is 0 Å². The zero-order chi connectivity index (χ0) is 9.84. The normalized spacial score (nSPS) is 10.0. The number of Topliss-reactive ketones (excluding diaryl/α,β-unsaturated/α-hetero) is 1. The molecule has 0 saturated carbocycles. The number of rotatable bonds is 3. The molecule has 0 fully saturated rings. The lowest BCUT2D eigenvalue weighted by Crippen LogP contribution is -2.03. The van der Waals surface area contributed by atoms with Gasteiger partial charge in [-0.25, -0.2) is 4.39 Å². The number of halogens is 2. The van der Waals surface area contributed by atoms with Gasteiger partial charge < -0.3 is 5.73 Å². The van der Waals surface area contributed by atoms with Gasteiger partial charge in [-0.15, -0.1) is 11.6 Å². The summed E-state index contributed by atoms with van der Waals surface area (Å²) in [6.45, 7) is 0. The van der Waals surface area contributed by atoms with Crippen LogP contribution < -0.4 is 5.73 Å². The Morgan fingerprint density at radius 1 is 1.54 bits per heavy atom. The Morgan fingerprint density at radius 3 is 2.85 bits per heavy atom. The van der Waals surface area contributed by atoms with Crippen LogP contribution in [0.25, 0.3) is 0 Å². The molecule has 1 rings (SSSR count). The predicted octanol–water partition coefficient (Wildman–Crippen LogP) is 2.22. The molecule has 0 saturated heterocycles. The van der Waals surface area contributed by atoms with Crippen LogP contribution in [-0.4, -0.2) is 11.7 Å². The molecule has 4 heteroatoms. The number of hydrogen-bond donors (Lipinski definition) is 1. The quantitative estimate of drug-likeness (QED) is 0.463. The first-order chi connectivity index (χ1) is 6.15. The van der Waals surface area contributed by atoms with E-state index >= 15 is 0 Å². The predicted molar refractivity (Wildman–Crippen MR) is 50.5 cm³/mol. The van der Waals surface area contributed by atoms with Gasteiger partial charge in [0.1, 0.15) is 5.82 Å². The standard InChI is InChI=1S/C9H9ClFNO/c10-4-3-9(13)7-5-6(12)1-2-8(7)11/h1-2,5H,3-4,12H2. The highest BCUT2D eigenvalue weighted by Crippen LogP contribution is 2.14. The summed E-state index contributed by atoms with van der Waals surface area (Å²) in [5.74, 6) is -0.684. The van der Waals surface area contributed by atoms with Gasteiger partial charge in [-0.1, -0.05) is 0 Å². The molecule has 1 aromatic carbocycles. The topological polar surface area (TPSA) is 43.1 Å². The average Bonchev–Trinajstić information content (AvgIpc) is 2.09. The van der Waals surface area contributed by atoms with Gasteiger partial charge in [-0.3, -0.25) is 4.79 Å². The van der Waals surface area contributed by atoms with E-state index < -0.39 is 5.82 Å². The van der Waals surface area contributed by atoms with E-state index in [1.807, 2.05) is 0 Å². The third kappa shape index (κ3) is 2.42. The minimum absolute atomic E-state index is 0.0145. The van der Waals surface area contributed by atoms with Gasteiger partial charge in [0.05, 0.1) is 5.56 Å². The highest BCUT2D eigenvalue weighted by atomic mass is 35.5. The minimum atomic E-state index is -0.552. The van der Waals surface area contributed by atoms with Crippen LogP contribution in [0.5, 0.6) is 0 Å². The first-order valence-electron chi connectivity index (χ1n) is 3.79. The molecule has 0 aromatic heterocycles. The zero-order valence-corrected chi connectivity index (χ0v) is 7.64. The first kappa shape index (κ1) is 9.99. The lowest BCUT2D eigenvalue weighted by Gasteiger charge is -2.01. The first-order valence-corrected chi connectivity index (χ1v) is 4.33. The van der Waals surface area contributed by atoms with Crippen LogP contribution in [0.2, 0.25) is 0 Å². The summed E-state index contributed by atoms with van der Waals surface area (Å²) < 4.78 is 13.0. The van der Waals surface area contributed by atoms with Crippen molar-refractivity contribution in [1.29, 1.82) is 0 Å². The molecular weight excluding hydrogens is 193 g/mol. The van der Waals surface area contributed by atoms with Crippen molar-refractivity contribution in [2.75, 3.05) is 11.6 Å². The highest BCUT2D eigenvalue weighted by Gasteiger charge is 2.10. The number of nitrogen functional groups attached to an aromatic ring is 1. The molecule has 2 N–H and O–H groups in total. The summed E-state index contributed by atoms with van der Waals surface area (Å²) >= 11 is 5.36. The largest absolute Gasteiger partial charge is 0.399 e. The molecule has 0 amide bonds. The van der Waals surface area contributed by atoms with Crippen molar-refractivity contribution in [3.63, 3.8) is 0 Å². The van der Waals surface area contributed by atoms with E-state index in [-0.39, 0.29) is 23.6 Å². The van der Waals surface area contributed by atoms with Crippen LogP contribution in [0.4, 0.5) is 10.1 Å². The molecule has 0 unspecified atom stereocenters. The number of anilines is 1. The Hall–Kier alpha value is -1.09. The summed E-state index contributed by atoms with van der Waals surface area (Å²) in [6.07, 6.45) is 0.127. The number of hydrogen-bond acceptors (Lipinski definition) is 2. The lowest BCUT2D eigenvalue weighted by atomic mass is 10.1. The van der Waals surface area contributed by atoms with E-state index in [2.05, 4.69) is 0 Å². The van der Waals surface area contributed by atoms with Crippen molar-refractivity contribution in [2.45, 2.75) is 6.42 Å². The third-order valence-electron chi connectivity index (χ3n) is 1.61. The maximum absolute atomic E-state index is 13.0. The maximum Gasteiger partial charge on any atom is 0.167 e. The van der Waals surface area contributed by atoms with Crippen molar-refractivity contribution in [3.8, 4) is 0 Å². The maximum atomic E-state index is 13.0. The number of benzene rings is 1. The van der Waals surface area contributed by atoms with Gasteiger partial charge in [0.25, 0.3) is 0 Å². The highest BCUT2D eigenvalue weighted by molar-refractivity contribution is 6.19. The minimum Gasteiger partial charge on any atom is -0.399 e. The number of carbonyl (C=O) groups excluding carboxylic acids is 1. The van der Waals surface area contributed by atoms with E-state index in [9.17, 15) is 9.18 Å². The molecule has 0 radical (unpaired) electrons. The molecule has 0 aliphatic carbocycles. The molecular formula is C9H9ClFNO. The van der Waals surface area contributed by atoms with Gasteiger partial charge in [-0.05, 0) is 18.2 Å². The SMILES string of the molecule is Nc1ccc(F)c(C(=O)CCCl)c1. The molecule has 0 aliphatic heterocycles. The molecule has 70 valence electrons. The smallest absolute Gasteiger partial charge is 0.167 e. The molecule has 0 bridgehead atoms. The van der Waals surface area contributed by atoms with Crippen molar-refractivity contribution >= 4 is 23.1 Å². The molecule has 1 aromatic rings. The monoisotopic (exact) mass is 201 g/mol. The Kier molecular flexibility index (Phi) is 3.25.